The van der Waals surface area contributed by atoms with Gasteiger partial charge in [-0.25, -0.2) is 4.79 Å². The fourth-order valence-electron chi connectivity index (χ4n) is 2.78. The van der Waals surface area contributed by atoms with E-state index in [9.17, 15) is 4.79 Å². The zero-order valence-corrected chi connectivity index (χ0v) is 14.5. The standard InChI is InChI=1S/C20H25N3O2/c1-25-17-9-5-6-15(12-17)13-18(16-7-3-2-4-8-16)23-19(24)22-14-20(21)10-11-20/h2-9,12,18H,10-11,13-14,21H2,1H3,(H2,22,23,24). The number of nitrogens with one attached hydrogen (secondary N) is 2. The molecule has 3 rings (SSSR count). The van der Waals surface area contributed by atoms with Crippen molar-refractivity contribution in [3.63, 3.8) is 0 Å². The fraction of sp³-hybridized carbons (Fsp3) is 0.350. The van der Waals surface area contributed by atoms with E-state index in [1.165, 1.54) is 0 Å². The van der Waals surface area contributed by atoms with Crippen LogP contribution in [0.25, 0.3) is 0 Å². The molecule has 1 atom stereocenters. The van der Waals surface area contributed by atoms with Crippen LogP contribution < -0.4 is 21.1 Å². The third kappa shape index (κ3) is 4.97. The third-order valence-corrected chi connectivity index (χ3v) is 4.57. The summed E-state index contributed by atoms with van der Waals surface area (Å²) in [6, 6.07) is 17.6. The molecule has 0 saturated heterocycles. The van der Waals surface area contributed by atoms with Gasteiger partial charge in [0.05, 0.1) is 13.2 Å². The van der Waals surface area contributed by atoms with Gasteiger partial charge in [0.1, 0.15) is 5.75 Å². The van der Waals surface area contributed by atoms with Gasteiger partial charge >= 0.3 is 6.03 Å². The maximum atomic E-state index is 12.3. The zero-order chi connectivity index (χ0) is 17.7. The Morgan fingerprint density at radius 2 is 1.96 bits per heavy atom. The molecule has 25 heavy (non-hydrogen) atoms. The first-order valence-electron chi connectivity index (χ1n) is 8.59. The Hall–Kier alpha value is -2.53. The predicted molar refractivity (Wildman–Crippen MR) is 98.6 cm³/mol. The summed E-state index contributed by atoms with van der Waals surface area (Å²) in [7, 11) is 1.65. The Morgan fingerprint density at radius 1 is 1.20 bits per heavy atom. The molecule has 0 radical (unpaired) electrons. The van der Waals surface area contributed by atoms with E-state index in [0.717, 1.165) is 29.7 Å². The minimum absolute atomic E-state index is 0.124. The first-order valence-corrected chi connectivity index (χ1v) is 8.59. The van der Waals surface area contributed by atoms with E-state index in [2.05, 4.69) is 10.6 Å². The molecule has 1 fully saturated rings. The molecule has 0 aromatic heterocycles. The number of carbonyl (C=O) groups is 1. The van der Waals surface area contributed by atoms with Crippen molar-refractivity contribution in [2.45, 2.75) is 30.8 Å². The summed E-state index contributed by atoms with van der Waals surface area (Å²) in [5.74, 6) is 0.813. The number of rotatable bonds is 7. The van der Waals surface area contributed by atoms with Crippen molar-refractivity contribution in [3.8, 4) is 5.75 Å². The number of methoxy groups -OCH3 is 1. The normalized spacial score (nSPS) is 15.9. The van der Waals surface area contributed by atoms with Gasteiger partial charge in [-0.1, -0.05) is 42.5 Å². The largest absolute Gasteiger partial charge is 0.497 e. The molecule has 1 saturated carbocycles. The zero-order valence-electron chi connectivity index (χ0n) is 14.5. The maximum absolute atomic E-state index is 12.3. The highest BCUT2D eigenvalue weighted by Crippen LogP contribution is 2.31. The van der Waals surface area contributed by atoms with Crippen LogP contribution in [0.5, 0.6) is 5.75 Å². The van der Waals surface area contributed by atoms with Gasteiger partial charge < -0.3 is 21.1 Å². The molecule has 1 aliphatic carbocycles. The average molecular weight is 339 g/mol. The van der Waals surface area contributed by atoms with E-state index in [0.29, 0.717) is 13.0 Å². The van der Waals surface area contributed by atoms with E-state index >= 15 is 0 Å². The molecule has 4 N–H and O–H groups in total. The predicted octanol–water partition coefficient (Wildman–Crippen LogP) is 2.77. The van der Waals surface area contributed by atoms with Crippen molar-refractivity contribution in [1.29, 1.82) is 0 Å². The monoisotopic (exact) mass is 339 g/mol. The highest BCUT2D eigenvalue weighted by molar-refractivity contribution is 5.74. The van der Waals surface area contributed by atoms with Crippen molar-refractivity contribution in [2.75, 3.05) is 13.7 Å². The Morgan fingerprint density at radius 3 is 2.64 bits per heavy atom. The lowest BCUT2D eigenvalue weighted by atomic mass is 9.99. The summed E-state index contributed by atoms with van der Waals surface area (Å²) in [5.41, 5.74) is 8.00. The molecule has 0 aliphatic heterocycles. The fourth-order valence-corrected chi connectivity index (χ4v) is 2.78. The summed E-state index contributed by atoms with van der Waals surface area (Å²) in [6.45, 7) is 0.513. The quantitative estimate of drug-likeness (QED) is 0.726. The van der Waals surface area contributed by atoms with E-state index in [-0.39, 0.29) is 17.6 Å². The second kappa shape index (κ2) is 7.57. The topological polar surface area (TPSA) is 76.4 Å². The summed E-state index contributed by atoms with van der Waals surface area (Å²) in [5, 5.41) is 5.97. The van der Waals surface area contributed by atoms with Gasteiger partial charge in [-0.3, -0.25) is 0 Å². The highest BCUT2D eigenvalue weighted by atomic mass is 16.5. The summed E-state index contributed by atoms with van der Waals surface area (Å²) in [4.78, 5) is 12.3. The molecule has 0 bridgehead atoms. The van der Waals surface area contributed by atoms with Crippen LogP contribution in [0.4, 0.5) is 4.79 Å². The summed E-state index contributed by atoms with van der Waals surface area (Å²) >= 11 is 0. The van der Waals surface area contributed by atoms with Gasteiger partial charge in [-0.15, -0.1) is 0 Å². The smallest absolute Gasteiger partial charge is 0.315 e. The Labute approximate surface area is 148 Å². The second-order valence-corrected chi connectivity index (χ2v) is 6.71. The molecule has 1 aliphatic rings. The van der Waals surface area contributed by atoms with Crippen molar-refractivity contribution in [2.24, 2.45) is 5.73 Å². The molecule has 132 valence electrons. The van der Waals surface area contributed by atoms with E-state index in [4.69, 9.17) is 10.5 Å². The summed E-state index contributed by atoms with van der Waals surface area (Å²) in [6.07, 6.45) is 2.63. The van der Waals surface area contributed by atoms with Crippen molar-refractivity contribution >= 4 is 6.03 Å². The lowest BCUT2D eigenvalue weighted by Crippen LogP contribution is -2.45. The maximum Gasteiger partial charge on any atom is 0.315 e. The van der Waals surface area contributed by atoms with Gasteiger partial charge in [-0.2, -0.15) is 0 Å². The molecule has 0 spiro atoms. The number of hydrogen-bond donors (Lipinski definition) is 3. The summed E-state index contributed by atoms with van der Waals surface area (Å²) < 4.78 is 5.29. The number of ether oxygens (including phenoxy) is 1. The Bertz CT molecular complexity index is 714. The highest BCUT2D eigenvalue weighted by Gasteiger charge is 2.38. The van der Waals surface area contributed by atoms with Gasteiger partial charge in [0.2, 0.25) is 0 Å². The van der Waals surface area contributed by atoms with E-state index < -0.39 is 0 Å². The number of amides is 2. The van der Waals surface area contributed by atoms with Crippen molar-refractivity contribution in [1.82, 2.24) is 10.6 Å². The minimum Gasteiger partial charge on any atom is -0.497 e. The van der Waals surface area contributed by atoms with Gasteiger partial charge in [0.15, 0.2) is 0 Å². The third-order valence-electron chi connectivity index (χ3n) is 4.57. The van der Waals surface area contributed by atoms with Crippen molar-refractivity contribution < 1.29 is 9.53 Å². The van der Waals surface area contributed by atoms with Crippen LogP contribution >= 0.6 is 0 Å². The Kier molecular flexibility index (Phi) is 5.24. The number of hydrogen-bond acceptors (Lipinski definition) is 3. The molecule has 5 heteroatoms. The van der Waals surface area contributed by atoms with Crippen molar-refractivity contribution in [3.05, 3.63) is 65.7 Å². The number of urea groups is 1. The number of carbonyl (C=O) groups excluding carboxylic acids is 1. The average Bonchev–Trinajstić information content (AvgIpc) is 3.38. The molecule has 0 heterocycles. The molecule has 2 amide bonds. The number of nitrogens with two attached hydrogens (primary N) is 1. The molecule has 2 aromatic carbocycles. The Balaban J connectivity index is 1.69. The molecular formula is C20H25N3O2. The molecule has 2 aromatic rings. The van der Waals surface area contributed by atoms with Gasteiger partial charge in [-0.05, 0) is 42.5 Å². The first-order chi connectivity index (χ1) is 12.1. The van der Waals surface area contributed by atoms with Crippen LogP contribution in [-0.4, -0.2) is 25.2 Å². The van der Waals surface area contributed by atoms with Crippen LogP contribution in [0.2, 0.25) is 0 Å². The lowest BCUT2D eigenvalue weighted by Gasteiger charge is -2.21. The minimum atomic E-state index is -0.202. The first kappa shape index (κ1) is 17.3. The van der Waals surface area contributed by atoms with Gasteiger partial charge in [0, 0.05) is 12.1 Å². The molecular weight excluding hydrogens is 314 g/mol. The molecule has 1 unspecified atom stereocenters. The van der Waals surface area contributed by atoms with Crippen LogP contribution in [0.1, 0.15) is 30.0 Å². The van der Waals surface area contributed by atoms with Crippen LogP contribution in [-0.2, 0) is 6.42 Å². The molecule has 5 nitrogen and oxygen atoms in total. The van der Waals surface area contributed by atoms with E-state index in [1.807, 2.05) is 54.6 Å². The SMILES string of the molecule is COc1cccc(CC(NC(=O)NCC2(N)CC2)c2ccccc2)c1. The van der Waals surface area contributed by atoms with Crippen LogP contribution in [0, 0.1) is 0 Å². The second-order valence-electron chi connectivity index (χ2n) is 6.71. The number of benzene rings is 2. The van der Waals surface area contributed by atoms with E-state index in [1.54, 1.807) is 7.11 Å². The van der Waals surface area contributed by atoms with Gasteiger partial charge in [0.25, 0.3) is 0 Å². The van der Waals surface area contributed by atoms with Crippen LogP contribution in [0.3, 0.4) is 0 Å². The van der Waals surface area contributed by atoms with Crippen LogP contribution in [0.15, 0.2) is 54.6 Å². The lowest BCUT2D eigenvalue weighted by molar-refractivity contribution is 0.236.